The number of aliphatic hydroxyl groups excluding tert-OH is 1. The first-order chi connectivity index (χ1) is 17.7. The average Bonchev–Trinajstić information content (AvgIpc) is 3.57. The maximum absolute atomic E-state index is 13.1. The third-order valence-corrected chi connectivity index (χ3v) is 6.63. The van der Waals surface area contributed by atoms with Crippen LogP contribution in [0, 0.1) is 5.92 Å². The standard InChI is InChI=1S/C26H33N3O6S/c1-2-34-26-19(7-10-32-12-13-33-11-9-30)20(18-8-14-36-17-18)15-23(35-26)25(31)27-16-24-28-21-5-3-4-6-22(21)29-24/h3-6,8,14-15,17,19-20,26,30H,2,7,9-13,16H2,1H3,(H,27,31)(H,28,29). The van der Waals surface area contributed by atoms with E-state index in [0.29, 0.717) is 45.3 Å². The van der Waals surface area contributed by atoms with E-state index in [0.717, 1.165) is 16.6 Å². The minimum Gasteiger partial charge on any atom is -0.459 e. The number of aromatic amines is 1. The first-order valence-electron chi connectivity index (χ1n) is 12.2. The number of carbonyl (C=O) groups is 1. The highest BCUT2D eigenvalue weighted by Gasteiger charge is 2.38. The Labute approximate surface area is 214 Å². The number of hydrogen-bond acceptors (Lipinski definition) is 8. The minimum atomic E-state index is -0.578. The van der Waals surface area contributed by atoms with Gasteiger partial charge in [-0.25, -0.2) is 4.98 Å². The molecule has 0 saturated heterocycles. The highest BCUT2D eigenvalue weighted by molar-refractivity contribution is 7.08. The zero-order valence-electron chi connectivity index (χ0n) is 20.4. The fourth-order valence-corrected chi connectivity index (χ4v) is 4.94. The lowest BCUT2D eigenvalue weighted by molar-refractivity contribution is -0.168. The molecule has 0 aliphatic carbocycles. The molecule has 4 rings (SSSR count). The fourth-order valence-electron chi connectivity index (χ4n) is 4.23. The van der Waals surface area contributed by atoms with Gasteiger partial charge in [-0.1, -0.05) is 12.1 Å². The molecular formula is C26H33N3O6S. The summed E-state index contributed by atoms with van der Waals surface area (Å²) in [7, 11) is 0. The van der Waals surface area contributed by atoms with Crippen molar-refractivity contribution in [2.75, 3.05) is 39.6 Å². The number of fused-ring (bicyclic) bond motifs is 1. The molecule has 3 unspecified atom stereocenters. The van der Waals surface area contributed by atoms with E-state index in [9.17, 15) is 4.79 Å². The van der Waals surface area contributed by atoms with Gasteiger partial charge < -0.3 is 34.4 Å². The van der Waals surface area contributed by atoms with Crippen LogP contribution in [0.5, 0.6) is 0 Å². The van der Waals surface area contributed by atoms with Gasteiger partial charge in [0.1, 0.15) is 5.82 Å². The lowest BCUT2D eigenvalue weighted by Crippen LogP contribution is -2.39. The number of aromatic nitrogens is 2. The highest BCUT2D eigenvalue weighted by atomic mass is 32.1. The molecule has 1 aliphatic heterocycles. The number of nitrogens with one attached hydrogen (secondary N) is 2. The summed E-state index contributed by atoms with van der Waals surface area (Å²) >= 11 is 1.62. The number of nitrogens with zero attached hydrogens (tertiary/aromatic N) is 1. The first-order valence-corrected chi connectivity index (χ1v) is 13.1. The fraction of sp³-hybridized carbons (Fsp3) is 0.462. The summed E-state index contributed by atoms with van der Waals surface area (Å²) in [6.07, 6.45) is 2.00. The maximum Gasteiger partial charge on any atom is 0.286 e. The summed E-state index contributed by atoms with van der Waals surface area (Å²) in [6, 6.07) is 9.81. The largest absolute Gasteiger partial charge is 0.459 e. The van der Waals surface area contributed by atoms with Crippen LogP contribution in [0.4, 0.5) is 0 Å². The molecule has 9 nitrogen and oxygen atoms in total. The lowest BCUT2D eigenvalue weighted by atomic mass is 9.82. The van der Waals surface area contributed by atoms with Crippen molar-refractivity contribution >= 4 is 28.3 Å². The minimum absolute atomic E-state index is 0.00170. The Morgan fingerprint density at radius 1 is 1.19 bits per heavy atom. The summed E-state index contributed by atoms with van der Waals surface area (Å²) in [5.41, 5.74) is 2.90. The topological polar surface area (TPSA) is 115 Å². The van der Waals surface area contributed by atoms with Crippen LogP contribution < -0.4 is 5.32 Å². The van der Waals surface area contributed by atoms with E-state index in [2.05, 4.69) is 26.7 Å². The predicted octanol–water partition coefficient (Wildman–Crippen LogP) is 3.33. The number of amides is 1. The Bertz CT molecular complexity index is 1080. The van der Waals surface area contributed by atoms with Crippen molar-refractivity contribution in [1.82, 2.24) is 15.3 Å². The molecule has 3 aromatic rings. The molecule has 0 radical (unpaired) electrons. The number of rotatable bonds is 14. The van der Waals surface area contributed by atoms with E-state index in [1.54, 1.807) is 11.3 Å². The number of allylic oxidation sites excluding steroid dienone is 1. The normalized spacial score (nSPS) is 19.7. The van der Waals surface area contributed by atoms with Gasteiger partial charge in [-0.05, 0) is 53.9 Å². The molecule has 3 atom stereocenters. The first kappa shape index (κ1) is 26.3. The van der Waals surface area contributed by atoms with Crippen LogP contribution in [0.3, 0.4) is 0 Å². The van der Waals surface area contributed by atoms with E-state index in [-0.39, 0.29) is 36.7 Å². The Morgan fingerprint density at radius 2 is 2.03 bits per heavy atom. The van der Waals surface area contributed by atoms with Crippen LogP contribution in [-0.4, -0.2) is 66.9 Å². The smallest absolute Gasteiger partial charge is 0.286 e. The summed E-state index contributed by atoms with van der Waals surface area (Å²) < 4.78 is 23.0. The molecule has 0 bridgehead atoms. The van der Waals surface area contributed by atoms with E-state index in [1.807, 2.05) is 42.6 Å². The predicted molar refractivity (Wildman–Crippen MR) is 136 cm³/mol. The number of H-pyrrole nitrogens is 1. The molecule has 0 fully saturated rings. The number of benzene rings is 1. The SMILES string of the molecule is CCOC1OC(C(=O)NCc2nc3ccccc3[nH]2)=CC(c2ccsc2)C1CCOCCOCCO. The van der Waals surface area contributed by atoms with Crippen molar-refractivity contribution in [3.05, 3.63) is 64.3 Å². The van der Waals surface area contributed by atoms with Crippen molar-refractivity contribution in [3.8, 4) is 0 Å². The second-order valence-corrected chi connectivity index (χ2v) is 9.12. The van der Waals surface area contributed by atoms with Crippen LogP contribution in [0.15, 0.2) is 52.9 Å². The van der Waals surface area contributed by atoms with Crippen molar-refractivity contribution < 1.29 is 28.8 Å². The number of thiophene rings is 1. The van der Waals surface area contributed by atoms with E-state index in [1.165, 1.54) is 0 Å². The third kappa shape index (κ3) is 6.92. The molecule has 1 amide bonds. The third-order valence-electron chi connectivity index (χ3n) is 5.93. The van der Waals surface area contributed by atoms with E-state index >= 15 is 0 Å². The molecule has 0 spiro atoms. The van der Waals surface area contributed by atoms with Crippen LogP contribution in [-0.2, 0) is 30.3 Å². The maximum atomic E-state index is 13.1. The summed E-state index contributed by atoms with van der Waals surface area (Å²) in [5, 5.41) is 15.8. The lowest BCUT2D eigenvalue weighted by Gasteiger charge is -2.36. The summed E-state index contributed by atoms with van der Waals surface area (Å²) in [6.45, 7) is 4.31. The van der Waals surface area contributed by atoms with Crippen LogP contribution in [0.1, 0.15) is 30.7 Å². The quantitative estimate of drug-likeness (QED) is 0.282. The van der Waals surface area contributed by atoms with E-state index in [4.69, 9.17) is 24.1 Å². The number of carbonyl (C=O) groups excluding carboxylic acids is 1. The Kier molecular flexibility index (Phi) is 9.88. The van der Waals surface area contributed by atoms with Crippen LogP contribution >= 0.6 is 11.3 Å². The van der Waals surface area contributed by atoms with Crippen molar-refractivity contribution in [3.63, 3.8) is 0 Å². The van der Waals surface area contributed by atoms with Crippen molar-refractivity contribution in [1.29, 1.82) is 0 Å². The molecular weight excluding hydrogens is 482 g/mol. The number of para-hydroxylation sites is 2. The Balaban J connectivity index is 1.42. The highest BCUT2D eigenvalue weighted by Crippen LogP contribution is 2.39. The van der Waals surface area contributed by atoms with Gasteiger partial charge in [-0.15, -0.1) is 0 Å². The Hall–Kier alpha value is -2.76. The molecule has 3 heterocycles. The van der Waals surface area contributed by atoms with E-state index < -0.39 is 6.29 Å². The zero-order valence-corrected chi connectivity index (χ0v) is 21.2. The van der Waals surface area contributed by atoms with Gasteiger partial charge in [-0.3, -0.25) is 4.79 Å². The number of hydrogen-bond donors (Lipinski definition) is 3. The Morgan fingerprint density at radius 3 is 2.78 bits per heavy atom. The van der Waals surface area contributed by atoms with Crippen LogP contribution in [0.25, 0.3) is 11.0 Å². The molecule has 194 valence electrons. The van der Waals surface area contributed by atoms with Crippen molar-refractivity contribution in [2.24, 2.45) is 5.92 Å². The number of imidazole rings is 1. The van der Waals surface area contributed by atoms with Gasteiger partial charge >= 0.3 is 0 Å². The summed E-state index contributed by atoms with van der Waals surface area (Å²) in [5.74, 6) is 0.536. The zero-order chi connectivity index (χ0) is 25.2. The molecule has 0 saturated carbocycles. The number of ether oxygens (including phenoxy) is 4. The average molecular weight is 516 g/mol. The van der Waals surface area contributed by atoms with Gasteiger partial charge in [0.05, 0.1) is 44.0 Å². The molecule has 2 aromatic heterocycles. The van der Waals surface area contributed by atoms with Crippen LogP contribution in [0.2, 0.25) is 0 Å². The second kappa shape index (κ2) is 13.5. The monoisotopic (exact) mass is 515 g/mol. The van der Waals surface area contributed by atoms with Gasteiger partial charge in [0, 0.05) is 25.0 Å². The molecule has 36 heavy (non-hydrogen) atoms. The van der Waals surface area contributed by atoms with Gasteiger partial charge in [0.25, 0.3) is 5.91 Å². The summed E-state index contributed by atoms with van der Waals surface area (Å²) in [4.78, 5) is 20.8. The van der Waals surface area contributed by atoms with Gasteiger partial charge in [-0.2, -0.15) is 11.3 Å². The van der Waals surface area contributed by atoms with Crippen molar-refractivity contribution in [2.45, 2.75) is 32.1 Å². The molecule has 1 aliphatic rings. The van der Waals surface area contributed by atoms with Gasteiger partial charge in [0.15, 0.2) is 5.76 Å². The van der Waals surface area contributed by atoms with Gasteiger partial charge in [0.2, 0.25) is 6.29 Å². The molecule has 10 heteroatoms. The molecule has 1 aromatic carbocycles. The molecule has 3 N–H and O–H groups in total. The number of aliphatic hydroxyl groups is 1. The second-order valence-electron chi connectivity index (χ2n) is 8.34.